The van der Waals surface area contributed by atoms with Crippen LogP contribution in [0.5, 0.6) is 0 Å². The first-order chi connectivity index (χ1) is 6.92. The van der Waals surface area contributed by atoms with Crippen molar-refractivity contribution in [2.45, 2.75) is 17.7 Å². The van der Waals surface area contributed by atoms with Crippen LogP contribution in [0.2, 0.25) is 0 Å². The van der Waals surface area contributed by atoms with Crippen LogP contribution in [-0.2, 0) is 4.74 Å². The quantitative estimate of drug-likeness (QED) is 0.684. The maximum absolute atomic E-state index is 5.65. The lowest BCUT2D eigenvalue weighted by atomic mass is 10.1. The Kier molecular flexibility index (Phi) is 3.14. The molecule has 0 fully saturated rings. The topological polar surface area (TPSA) is 9.23 Å². The minimum absolute atomic E-state index is 0.856. The molecular formula is C12H14OS. The Morgan fingerprint density at radius 1 is 1.29 bits per heavy atom. The monoisotopic (exact) mass is 206 g/mol. The lowest BCUT2D eigenvalue weighted by Gasteiger charge is -2.16. The van der Waals surface area contributed by atoms with Crippen LogP contribution in [0.25, 0.3) is 5.76 Å². The predicted octanol–water partition coefficient (Wildman–Crippen LogP) is 3.56. The van der Waals surface area contributed by atoms with E-state index < -0.39 is 0 Å². The third-order valence-corrected chi connectivity index (χ3v) is 3.10. The molecule has 1 aliphatic rings. The highest BCUT2D eigenvalue weighted by molar-refractivity contribution is 7.98. The minimum atomic E-state index is 0.856. The van der Waals surface area contributed by atoms with E-state index in [1.165, 1.54) is 10.5 Å². The number of thioether (sulfide) groups is 1. The smallest absolute Gasteiger partial charge is 0.123 e. The summed E-state index contributed by atoms with van der Waals surface area (Å²) in [5.74, 6) is 1.06. The van der Waals surface area contributed by atoms with E-state index in [1.54, 1.807) is 11.8 Å². The van der Waals surface area contributed by atoms with Crippen molar-refractivity contribution in [1.82, 2.24) is 0 Å². The molecule has 0 saturated carbocycles. The molecule has 0 bridgehead atoms. The molecule has 0 saturated heterocycles. The maximum Gasteiger partial charge on any atom is 0.123 e. The van der Waals surface area contributed by atoms with Crippen molar-refractivity contribution in [2.24, 2.45) is 0 Å². The second-order valence-corrected chi connectivity index (χ2v) is 4.11. The summed E-state index contributed by atoms with van der Waals surface area (Å²) in [5.41, 5.74) is 1.24. The van der Waals surface area contributed by atoms with Crippen LogP contribution in [0.1, 0.15) is 18.4 Å². The van der Waals surface area contributed by atoms with Gasteiger partial charge in [-0.15, -0.1) is 11.8 Å². The Morgan fingerprint density at radius 2 is 2.14 bits per heavy atom. The molecule has 1 aliphatic heterocycles. The van der Waals surface area contributed by atoms with Crippen LogP contribution in [0.4, 0.5) is 0 Å². The molecule has 1 nitrogen and oxygen atoms in total. The molecule has 1 aromatic carbocycles. The fraction of sp³-hybridized carbons (Fsp3) is 0.333. The molecule has 14 heavy (non-hydrogen) atoms. The summed E-state index contributed by atoms with van der Waals surface area (Å²) >= 11 is 1.77. The summed E-state index contributed by atoms with van der Waals surface area (Å²) in [4.78, 5) is 1.29. The molecule has 0 spiro atoms. The van der Waals surface area contributed by atoms with Crippen molar-refractivity contribution < 1.29 is 4.74 Å². The number of ether oxygens (including phenoxy) is 1. The maximum atomic E-state index is 5.65. The summed E-state index contributed by atoms with van der Waals surface area (Å²) < 4.78 is 5.65. The Labute approximate surface area is 89.2 Å². The number of allylic oxidation sites excluding steroid dienone is 1. The molecule has 0 atom stereocenters. The largest absolute Gasteiger partial charge is 0.493 e. The molecule has 0 unspecified atom stereocenters. The Hall–Kier alpha value is -0.890. The summed E-state index contributed by atoms with van der Waals surface area (Å²) in [6.45, 7) is 0.856. The van der Waals surface area contributed by atoms with Gasteiger partial charge in [0.05, 0.1) is 6.61 Å². The molecule has 2 heteroatoms. The Bertz CT molecular complexity index is 344. The first-order valence-electron chi connectivity index (χ1n) is 4.88. The SMILES string of the molecule is CSc1ccccc1C1=CCCCO1. The molecule has 1 aromatic rings. The molecule has 0 aromatic heterocycles. The lowest BCUT2D eigenvalue weighted by molar-refractivity contribution is 0.258. The zero-order valence-corrected chi connectivity index (χ0v) is 9.14. The predicted molar refractivity (Wildman–Crippen MR) is 61.4 cm³/mol. The number of rotatable bonds is 2. The van der Waals surface area contributed by atoms with E-state index in [0.717, 1.165) is 25.2 Å². The highest BCUT2D eigenvalue weighted by atomic mass is 32.2. The van der Waals surface area contributed by atoms with Gasteiger partial charge in [-0.3, -0.25) is 0 Å². The van der Waals surface area contributed by atoms with Crippen LogP contribution >= 0.6 is 11.8 Å². The van der Waals surface area contributed by atoms with Gasteiger partial charge in [-0.05, 0) is 31.2 Å². The number of hydrogen-bond donors (Lipinski definition) is 0. The van der Waals surface area contributed by atoms with E-state index in [2.05, 4.69) is 36.6 Å². The fourth-order valence-electron chi connectivity index (χ4n) is 1.59. The van der Waals surface area contributed by atoms with Crippen molar-refractivity contribution in [3.05, 3.63) is 35.9 Å². The van der Waals surface area contributed by atoms with Gasteiger partial charge in [-0.25, -0.2) is 0 Å². The normalized spacial score (nSPS) is 15.9. The van der Waals surface area contributed by atoms with Crippen LogP contribution < -0.4 is 0 Å². The molecular weight excluding hydrogens is 192 g/mol. The summed E-state index contributed by atoms with van der Waals surface area (Å²) in [6.07, 6.45) is 6.57. The van der Waals surface area contributed by atoms with Crippen LogP contribution in [-0.4, -0.2) is 12.9 Å². The molecule has 74 valence electrons. The van der Waals surface area contributed by atoms with Gasteiger partial charge in [0, 0.05) is 10.5 Å². The average Bonchev–Trinajstić information content (AvgIpc) is 2.30. The third kappa shape index (κ3) is 1.95. The summed E-state index contributed by atoms with van der Waals surface area (Å²) in [7, 11) is 0. The van der Waals surface area contributed by atoms with Crippen molar-refractivity contribution in [2.75, 3.05) is 12.9 Å². The first kappa shape index (κ1) is 9.66. The standard InChI is InChI=1S/C12H14OS/c1-14-12-8-3-2-6-10(12)11-7-4-5-9-13-11/h2-3,6-8H,4-5,9H2,1H3. The van der Waals surface area contributed by atoms with Gasteiger partial charge in [0.15, 0.2) is 0 Å². The summed E-state index contributed by atoms with van der Waals surface area (Å²) in [5, 5.41) is 0. The van der Waals surface area contributed by atoms with Gasteiger partial charge < -0.3 is 4.74 Å². The second-order valence-electron chi connectivity index (χ2n) is 3.26. The summed E-state index contributed by atoms with van der Waals surface area (Å²) in [6, 6.07) is 8.40. The van der Waals surface area contributed by atoms with Crippen LogP contribution in [0.15, 0.2) is 35.2 Å². The highest BCUT2D eigenvalue weighted by Crippen LogP contribution is 2.29. The van der Waals surface area contributed by atoms with Gasteiger partial charge in [0.1, 0.15) is 5.76 Å². The van der Waals surface area contributed by atoms with E-state index in [0.29, 0.717) is 0 Å². The van der Waals surface area contributed by atoms with Crippen molar-refractivity contribution in [1.29, 1.82) is 0 Å². The Morgan fingerprint density at radius 3 is 2.86 bits per heavy atom. The number of benzene rings is 1. The fourth-order valence-corrected chi connectivity index (χ4v) is 2.20. The van der Waals surface area contributed by atoms with Gasteiger partial charge in [0.25, 0.3) is 0 Å². The van der Waals surface area contributed by atoms with Crippen LogP contribution in [0, 0.1) is 0 Å². The van der Waals surface area contributed by atoms with Crippen molar-refractivity contribution in [3.63, 3.8) is 0 Å². The van der Waals surface area contributed by atoms with Crippen LogP contribution in [0.3, 0.4) is 0 Å². The van der Waals surface area contributed by atoms with E-state index >= 15 is 0 Å². The third-order valence-electron chi connectivity index (χ3n) is 2.31. The number of hydrogen-bond acceptors (Lipinski definition) is 2. The molecule has 1 heterocycles. The zero-order valence-electron chi connectivity index (χ0n) is 8.32. The van der Waals surface area contributed by atoms with Crippen molar-refractivity contribution in [3.8, 4) is 0 Å². The van der Waals surface area contributed by atoms with Gasteiger partial charge in [0.2, 0.25) is 0 Å². The van der Waals surface area contributed by atoms with E-state index in [-0.39, 0.29) is 0 Å². The van der Waals surface area contributed by atoms with E-state index in [9.17, 15) is 0 Å². The van der Waals surface area contributed by atoms with Crippen molar-refractivity contribution >= 4 is 17.5 Å². The van der Waals surface area contributed by atoms with E-state index in [4.69, 9.17) is 4.74 Å². The zero-order chi connectivity index (χ0) is 9.80. The molecule has 0 amide bonds. The Balaban J connectivity index is 2.34. The van der Waals surface area contributed by atoms with Gasteiger partial charge >= 0.3 is 0 Å². The van der Waals surface area contributed by atoms with Gasteiger partial charge in [-0.1, -0.05) is 18.2 Å². The molecule has 0 aliphatic carbocycles. The lowest BCUT2D eigenvalue weighted by Crippen LogP contribution is -2.01. The molecule has 0 N–H and O–H groups in total. The average molecular weight is 206 g/mol. The molecule has 0 radical (unpaired) electrons. The van der Waals surface area contributed by atoms with Gasteiger partial charge in [-0.2, -0.15) is 0 Å². The first-order valence-corrected chi connectivity index (χ1v) is 6.10. The minimum Gasteiger partial charge on any atom is -0.493 e. The highest BCUT2D eigenvalue weighted by Gasteiger charge is 2.10. The second kappa shape index (κ2) is 4.56. The van der Waals surface area contributed by atoms with E-state index in [1.807, 2.05) is 0 Å². The molecule has 2 rings (SSSR count).